The molecule has 146 valence electrons. The monoisotopic (exact) mass is 369 g/mol. The summed E-state index contributed by atoms with van der Waals surface area (Å²) in [5.74, 6) is 0.722. The van der Waals surface area contributed by atoms with Crippen LogP contribution in [0, 0.1) is 5.92 Å². The number of benzene rings is 1. The van der Waals surface area contributed by atoms with E-state index in [1.54, 1.807) is 0 Å². The predicted molar refractivity (Wildman–Crippen MR) is 105 cm³/mol. The van der Waals surface area contributed by atoms with E-state index in [0.29, 0.717) is 18.4 Å². The van der Waals surface area contributed by atoms with Gasteiger partial charge in [-0.15, -0.1) is 0 Å². The van der Waals surface area contributed by atoms with E-state index in [-0.39, 0.29) is 11.8 Å². The van der Waals surface area contributed by atoms with Crippen molar-refractivity contribution in [1.82, 2.24) is 14.7 Å². The van der Waals surface area contributed by atoms with E-state index in [1.807, 2.05) is 4.90 Å². The van der Waals surface area contributed by atoms with Crippen molar-refractivity contribution < 1.29 is 9.59 Å². The Morgan fingerprint density at radius 1 is 1.11 bits per heavy atom. The zero-order chi connectivity index (χ0) is 18.8. The number of hydrogen-bond acceptors (Lipinski definition) is 3. The van der Waals surface area contributed by atoms with Crippen molar-refractivity contribution in [3.05, 3.63) is 35.4 Å². The summed E-state index contributed by atoms with van der Waals surface area (Å²) < 4.78 is 0. The average molecular weight is 370 g/mol. The van der Waals surface area contributed by atoms with Crippen molar-refractivity contribution in [3.63, 3.8) is 0 Å². The van der Waals surface area contributed by atoms with Crippen LogP contribution >= 0.6 is 0 Å². The number of amides is 2. The van der Waals surface area contributed by atoms with Crippen LogP contribution in [0.5, 0.6) is 0 Å². The van der Waals surface area contributed by atoms with Crippen molar-refractivity contribution in [2.75, 3.05) is 32.7 Å². The van der Waals surface area contributed by atoms with Gasteiger partial charge in [0.2, 0.25) is 11.8 Å². The number of fused-ring (bicyclic) bond motifs is 5. The van der Waals surface area contributed by atoms with Gasteiger partial charge >= 0.3 is 0 Å². The Morgan fingerprint density at radius 2 is 1.93 bits per heavy atom. The number of hydrogen-bond donors (Lipinski definition) is 0. The Kier molecular flexibility index (Phi) is 5.48. The van der Waals surface area contributed by atoms with E-state index in [0.717, 1.165) is 65.0 Å². The van der Waals surface area contributed by atoms with Crippen molar-refractivity contribution in [3.8, 4) is 0 Å². The highest BCUT2D eigenvalue weighted by Crippen LogP contribution is 2.29. The van der Waals surface area contributed by atoms with E-state index in [1.165, 1.54) is 11.1 Å². The Hall–Kier alpha value is -1.88. The summed E-state index contributed by atoms with van der Waals surface area (Å²) in [5.41, 5.74) is 2.66. The van der Waals surface area contributed by atoms with Crippen LogP contribution in [-0.2, 0) is 22.6 Å². The molecule has 2 bridgehead atoms. The molecule has 1 aromatic carbocycles. The van der Waals surface area contributed by atoms with E-state index in [4.69, 9.17) is 0 Å². The van der Waals surface area contributed by atoms with Gasteiger partial charge < -0.3 is 9.80 Å². The van der Waals surface area contributed by atoms with Gasteiger partial charge in [0.1, 0.15) is 0 Å². The van der Waals surface area contributed by atoms with Gasteiger partial charge in [-0.2, -0.15) is 0 Å². The van der Waals surface area contributed by atoms with Crippen LogP contribution in [0.1, 0.15) is 43.7 Å². The van der Waals surface area contributed by atoms with Gasteiger partial charge in [-0.1, -0.05) is 31.2 Å². The fourth-order valence-corrected chi connectivity index (χ4v) is 4.97. The van der Waals surface area contributed by atoms with Gasteiger partial charge in [0.05, 0.1) is 5.92 Å². The molecule has 0 N–H and O–H groups in total. The molecule has 5 rings (SSSR count). The minimum absolute atomic E-state index is 0.132. The van der Waals surface area contributed by atoms with Crippen molar-refractivity contribution in [2.45, 2.75) is 51.6 Å². The number of rotatable bonds is 5. The second-order valence-corrected chi connectivity index (χ2v) is 8.30. The Balaban J connectivity index is 1.33. The van der Waals surface area contributed by atoms with Gasteiger partial charge in [-0.25, -0.2) is 0 Å². The summed E-state index contributed by atoms with van der Waals surface area (Å²) in [6, 6.07) is 8.78. The molecule has 5 nitrogen and oxygen atoms in total. The van der Waals surface area contributed by atoms with E-state index in [9.17, 15) is 9.59 Å². The summed E-state index contributed by atoms with van der Waals surface area (Å²) in [5, 5.41) is 0. The largest absolute Gasteiger partial charge is 0.338 e. The molecule has 5 heteroatoms. The second-order valence-electron chi connectivity index (χ2n) is 8.30. The maximum Gasteiger partial charge on any atom is 0.227 e. The minimum atomic E-state index is 0.132. The molecular formula is C22H31N3O2. The molecule has 27 heavy (non-hydrogen) atoms. The molecule has 0 saturated carbocycles. The summed E-state index contributed by atoms with van der Waals surface area (Å²) in [4.78, 5) is 31.9. The first-order chi connectivity index (χ1) is 13.2. The quantitative estimate of drug-likeness (QED) is 0.800. The van der Waals surface area contributed by atoms with Crippen LogP contribution in [0.15, 0.2) is 24.3 Å². The summed E-state index contributed by atoms with van der Waals surface area (Å²) >= 11 is 0. The lowest BCUT2D eigenvalue weighted by Gasteiger charge is -2.36. The Labute approximate surface area is 162 Å². The number of carbonyl (C=O) groups excluding carboxylic acids is 2. The van der Waals surface area contributed by atoms with Gasteiger partial charge in [-0.3, -0.25) is 14.5 Å². The fourth-order valence-electron chi connectivity index (χ4n) is 4.97. The molecule has 1 aromatic rings. The Bertz CT molecular complexity index is 705. The first kappa shape index (κ1) is 18.5. The molecule has 4 aliphatic heterocycles. The molecule has 3 fully saturated rings. The van der Waals surface area contributed by atoms with Crippen LogP contribution in [0.2, 0.25) is 0 Å². The summed E-state index contributed by atoms with van der Waals surface area (Å²) in [6.45, 7) is 7.10. The molecule has 4 heterocycles. The van der Waals surface area contributed by atoms with Crippen LogP contribution < -0.4 is 0 Å². The molecule has 0 spiro atoms. The second kappa shape index (κ2) is 8.01. The normalized spacial score (nSPS) is 25.4. The molecule has 0 aromatic heterocycles. The lowest BCUT2D eigenvalue weighted by atomic mass is 9.94. The zero-order valence-corrected chi connectivity index (χ0v) is 16.4. The maximum absolute atomic E-state index is 12.8. The Morgan fingerprint density at radius 3 is 2.74 bits per heavy atom. The molecule has 0 unspecified atom stereocenters. The lowest BCUT2D eigenvalue weighted by Crippen LogP contribution is -2.48. The molecule has 0 aliphatic carbocycles. The molecule has 4 aliphatic rings. The number of nitrogens with zero attached hydrogens (tertiary/aromatic N) is 3. The van der Waals surface area contributed by atoms with Crippen LogP contribution in [0.3, 0.4) is 0 Å². The first-order valence-corrected chi connectivity index (χ1v) is 10.5. The minimum Gasteiger partial charge on any atom is -0.338 e. The van der Waals surface area contributed by atoms with E-state index >= 15 is 0 Å². The molecule has 2 amide bonds. The third-order valence-electron chi connectivity index (χ3n) is 6.46. The van der Waals surface area contributed by atoms with Crippen LogP contribution in [0.25, 0.3) is 0 Å². The maximum atomic E-state index is 12.8. The smallest absolute Gasteiger partial charge is 0.227 e. The van der Waals surface area contributed by atoms with Gasteiger partial charge in [-0.05, 0) is 36.8 Å². The van der Waals surface area contributed by atoms with Crippen molar-refractivity contribution in [2.24, 2.45) is 5.92 Å². The first-order valence-electron chi connectivity index (χ1n) is 10.5. The molecule has 0 radical (unpaired) electrons. The molecular weight excluding hydrogens is 338 g/mol. The average Bonchev–Trinajstić information content (AvgIpc) is 2.97. The third kappa shape index (κ3) is 3.88. The molecule has 3 saturated heterocycles. The predicted octanol–water partition coefficient (Wildman–Crippen LogP) is 2.29. The van der Waals surface area contributed by atoms with Gasteiger partial charge in [0, 0.05) is 51.7 Å². The van der Waals surface area contributed by atoms with Gasteiger partial charge in [0.25, 0.3) is 0 Å². The van der Waals surface area contributed by atoms with E-state index in [2.05, 4.69) is 41.0 Å². The van der Waals surface area contributed by atoms with Crippen LogP contribution in [-0.4, -0.2) is 65.3 Å². The third-order valence-corrected chi connectivity index (χ3v) is 6.46. The highest BCUT2D eigenvalue weighted by Gasteiger charge is 2.40. The SMILES string of the molecule is CCCN1C(=O)[C@@H]2CC[C@H]1CN(CCC(=O)N1CCc3ccccc3C1)C2. The van der Waals surface area contributed by atoms with Crippen LogP contribution in [0.4, 0.5) is 0 Å². The highest BCUT2D eigenvalue weighted by atomic mass is 16.2. The summed E-state index contributed by atoms with van der Waals surface area (Å²) in [7, 11) is 0. The molecule has 2 atom stereocenters. The lowest BCUT2D eigenvalue weighted by molar-refractivity contribution is -0.139. The van der Waals surface area contributed by atoms with Crippen molar-refractivity contribution in [1.29, 1.82) is 0 Å². The number of carbonyl (C=O) groups is 2. The van der Waals surface area contributed by atoms with Gasteiger partial charge in [0.15, 0.2) is 0 Å². The highest BCUT2D eigenvalue weighted by molar-refractivity contribution is 5.80. The topological polar surface area (TPSA) is 43.9 Å². The number of piperidine rings is 1. The van der Waals surface area contributed by atoms with E-state index < -0.39 is 0 Å². The standard InChI is InChI=1S/C22H31N3O2/c1-2-11-25-20-8-7-19(22(25)27)14-23(16-20)12-10-21(26)24-13-9-17-5-3-4-6-18(17)15-24/h3-6,19-20H,2,7-16H2,1H3/t19-,20+/m1/s1. The van der Waals surface area contributed by atoms with Crippen molar-refractivity contribution >= 4 is 11.8 Å². The zero-order valence-electron chi connectivity index (χ0n) is 16.4. The summed E-state index contributed by atoms with van der Waals surface area (Å²) in [6.07, 6.45) is 4.66. The fraction of sp³-hybridized carbons (Fsp3) is 0.636.